The fourth-order valence-electron chi connectivity index (χ4n) is 2.30. The van der Waals surface area contributed by atoms with E-state index in [-0.39, 0.29) is 12.5 Å². The molecule has 2 rings (SSSR count). The van der Waals surface area contributed by atoms with Gasteiger partial charge in [-0.1, -0.05) is 18.8 Å². The van der Waals surface area contributed by atoms with Crippen LogP contribution in [0.3, 0.4) is 0 Å². The molecule has 1 amide bonds. The number of nitrogens with two attached hydrogens (primary N) is 1. The van der Waals surface area contributed by atoms with E-state index < -0.39 is 0 Å². The van der Waals surface area contributed by atoms with Crippen molar-refractivity contribution in [2.75, 3.05) is 30.3 Å². The molecule has 0 aliphatic carbocycles. The zero-order valence-electron chi connectivity index (χ0n) is 16.5. The van der Waals surface area contributed by atoms with Gasteiger partial charge in [-0.2, -0.15) is 10.2 Å². The summed E-state index contributed by atoms with van der Waals surface area (Å²) in [7, 11) is 0. The summed E-state index contributed by atoms with van der Waals surface area (Å²) in [6.45, 7) is 3.55. The molecule has 0 spiro atoms. The van der Waals surface area contributed by atoms with Crippen LogP contribution in [0.5, 0.6) is 0 Å². The van der Waals surface area contributed by atoms with Gasteiger partial charge in [0.05, 0.1) is 29.9 Å². The minimum absolute atomic E-state index is 0.0627. The molecule has 8 nitrogen and oxygen atoms in total. The van der Waals surface area contributed by atoms with Crippen LogP contribution < -0.4 is 21.7 Å². The van der Waals surface area contributed by atoms with Crippen LogP contribution in [0.1, 0.15) is 37.3 Å². The number of benzene rings is 1. The Labute approximate surface area is 170 Å². The molecule has 0 unspecified atom stereocenters. The molecule has 1 heterocycles. The van der Waals surface area contributed by atoms with Crippen molar-refractivity contribution >= 4 is 23.4 Å². The SMILES string of the molecule is CCCNc1nc(Nc2ccc(C#N)cc2)ncc1C#CCNC(=O)CCCN. The number of anilines is 3. The van der Waals surface area contributed by atoms with E-state index in [1.165, 1.54) is 0 Å². The predicted molar refractivity (Wildman–Crippen MR) is 113 cm³/mol. The van der Waals surface area contributed by atoms with Gasteiger partial charge in [-0.05, 0) is 43.7 Å². The monoisotopic (exact) mass is 391 g/mol. The molecule has 5 N–H and O–H groups in total. The van der Waals surface area contributed by atoms with E-state index in [2.05, 4.69) is 50.8 Å². The Kier molecular flexibility index (Phi) is 8.94. The molecule has 0 aliphatic rings. The highest BCUT2D eigenvalue weighted by Gasteiger charge is 2.06. The Balaban J connectivity index is 2.07. The van der Waals surface area contributed by atoms with Crippen LogP contribution in [0.2, 0.25) is 0 Å². The number of carbonyl (C=O) groups excluding carboxylic acids is 1. The first-order valence-corrected chi connectivity index (χ1v) is 9.50. The fourth-order valence-corrected chi connectivity index (χ4v) is 2.30. The summed E-state index contributed by atoms with van der Waals surface area (Å²) < 4.78 is 0. The van der Waals surface area contributed by atoms with Crippen molar-refractivity contribution in [1.82, 2.24) is 15.3 Å². The molecule has 2 aromatic rings. The van der Waals surface area contributed by atoms with Crippen LogP contribution in [-0.2, 0) is 4.79 Å². The number of hydrogen-bond donors (Lipinski definition) is 4. The van der Waals surface area contributed by atoms with Crippen molar-refractivity contribution in [3.05, 3.63) is 41.6 Å². The maximum absolute atomic E-state index is 11.6. The lowest BCUT2D eigenvalue weighted by atomic mass is 10.2. The molecule has 0 fully saturated rings. The first kappa shape index (κ1) is 21.7. The quantitative estimate of drug-likeness (QED) is 0.482. The summed E-state index contributed by atoms with van der Waals surface area (Å²) in [5, 5.41) is 18.0. The number of aromatic nitrogens is 2. The van der Waals surface area contributed by atoms with Crippen molar-refractivity contribution in [2.24, 2.45) is 5.73 Å². The molecule has 0 saturated carbocycles. The molecule has 29 heavy (non-hydrogen) atoms. The summed E-state index contributed by atoms with van der Waals surface area (Å²) in [6, 6.07) is 9.12. The number of amides is 1. The Morgan fingerprint density at radius 2 is 2.07 bits per heavy atom. The molecule has 0 radical (unpaired) electrons. The second-order valence-electron chi connectivity index (χ2n) is 6.17. The summed E-state index contributed by atoms with van der Waals surface area (Å²) in [5.74, 6) is 6.91. The number of nitrogens with one attached hydrogen (secondary N) is 3. The molecule has 1 aromatic heterocycles. The van der Waals surface area contributed by atoms with Crippen molar-refractivity contribution < 1.29 is 4.79 Å². The Morgan fingerprint density at radius 1 is 1.28 bits per heavy atom. The number of nitriles is 1. The smallest absolute Gasteiger partial charge is 0.229 e. The maximum Gasteiger partial charge on any atom is 0.229 e. The van der Waals surface area contributed by atoms with Gasteiger partial charge in [0.2, 0.25) is 11.9 Å². The Bertz CT molecular complexity index is 907. The molecular weight excluding hydrogens is 366 g/mol. The first-order valence-electron chi connectivity index (χ1n) is 9.50. The van der Waals surface area contributed by atoms with E-state index in [0.717, 1.165) is 18.7 Å². The van der Waals surface area contributed by atoms with Crippen LogP contribution in [0.25, 0.3) is 0 Å². The van der Waals surface area contributed by atoms with E-state index in [0.29, 0.717) is 42.3 Å². The number of nitrogens with zero attached hydrogens (tertiary/aromatic N) is 3. The van der Waals surface area contributed by atoms with Gasteiger partial charge in [-0.3, -0.25) is 4.79 Å². The lowest BCUT2D eigenvalue weighted by Gasteiger charge is -2.10. The maximum atomic E-state index is 11.6. The van der Waals surface area contributed by atoms with E-state index in [9.17, 15) is 4.79 Å². The molecule has 0 atom stereocenters. The van der Waals surface area contributed by atoms with Crippen molar-refractivity contribution in [2.45, 2.75) is 26.2 Å². The summed E-state index contributed by atoms with van der Waals surface area (Å²) in [4.78, 5) is 20.4. The predicted octanol–water partition coefficient (Wildman–Crippen LogP) is 2.12. The number of carbonyl (C=O) groups is 1. The third kappa shape index (κ3) is 7.49. The van der Waals surface area contributed by atoms with Crippen LogP contribution >= 0.6 is 0 Å². The molecule has 150 valence electrons. The van der Waals surface area contributed by atoms with Crippen LogP contribution in [0, 0.1) is 23.2 Å². The molecule has 0 aliphatic heterocycles. The third-order valence-corrected chi connectivity index (χ3v) is 3.81. The second-order valence-corrected chi connectivity index (χ2v) is 6.17. The topological polar surface area (TPSA) is 129 Å². The van der Waals surface area contributed by atoms with E-state index >= 15 is 0 Å². The van der Waals surface area contributed by atoms with Crippen LogP contribution in [0.15, 0.2) is 30.5 Å². The fraction of sp³-hybridized carbons (Fsp3) is 0.333. The zero-order valence-corrected chi connectivity index (χ0v) is 16.5. The highest BCUT2D eigenvalue weighted by Crippen LogP contribution is 2.17. The van der Waals surface area contributed by atoms with Gasteiger partial charge >= 0.3 is 0 Å². The lowest BCUT2D eigenvalue weighted by Crippen LogP contribution is -2.23. The average Bonchev–Trinajstić information content (AvgIpc) is 2.75. The van der Waals surface area contributed by atoms with Crippen LogP contribution in [-0.4, -0.2) is 35.5 Å². The zero-order chi connectivity index (χ0) is 20.9. The summed E-state index contributed by atoms with van der Waals surface area (Å²) in [6.07, 6.45) is 3.64. The van der Waals surface area contributed by atoms with Gasteiger partial charge in [-0.25, -0.2) is 4.98 Å². The number of hydrogen-bond acceptors (Lipinski definition) is 7. The molecule has 1 aromatic carbocycles. The van der Waals surface area contributed by atoms with Crippen molar-refractivity contribution in [3.8, 4) is 17.9 Å². The number of rotatable bonds is 9. The summed E-state index contributed by atoms with van der Waals surface area (Å²) in [5.41, 5.74) is 7.41. The van der Waals surface area contributed by atoms with Crippen LogP contribution in [0.4, 0.5) is 17.5 Å². The Morgan fingerprint density at radius 3 is 2.76 bits per heavy atom. The van der Waals surface area contributed by atoms with E-state index in [1.807, 2.05) is 0 Å². The van der Waals surface area contributed by atoms with Gasteiger partial charge in [0.1, 0.15) is 5.82 Å². The lowest BCUT2D eigenvalue weighted by molar-refractivity contribution is -0.120. The molecule has 0 saturated heterocycles. The van der Waals surface area contributed by atoms with Crippen molar-refractivity contribution in [3.63, 3.8) is 0 Å². The molecular formula is C21H25N7O. The van der Waals surface area contributed by atoms with Gasteiger partial charge < -0.3 is 21.7 Å². The van der Waals surface area contributed by atoms with Gasteiger partial charge in [0.25, 0.3) is 0 Å². The van der Waals surface area contributed by atoms with Gasteiger partial charge in [0, 0.05) is 18.7 Å². The van der Waals surface area contributed by atoms with Crippen molar-refractivity contribution in [1.29, 1.82) is 5.26 Å². The standard InChI is InChI=1S/C21H25N7O/c1-2-12-25-20-17(5-4-13-24-19(29)6-3-11-22)15-26-21(28-20)27-18-9-7-16(14-23)8-10-18/h7-10,15H,2-3,6,11-13,22H2,1H3,(H,24,29)(H2,25,26,27,28). The minimum atomic E-state index is -0.0627. The van der Waals surface area contributed by atoms with Gasteiger partial charge in [-0.15, -0.1) is 0 Å². The summed E-state index contributed by atoms with van der Waals surface area (Å²) >= 11 is 0. The van der Waals surface area contributed by atoms with Gasteiger partial charge in [0.15, 0.2) is 0 Å². The second kappa shape index (κ2) is 12.0. The molecule has 8 heteroatoms. The normalized spacial score (nSPS) is 9.69. The highest BCUT2D eigenvalue weighted by molar-refractivity contribution is 5.76. The first-order chi connectivity index (χ1) is 14.2. The third-order valence-electron chi connectivity index (χ3n) is 3.81. The molecule has 0 bridgehead atoms. The van der Waals surface area contributed by atoms with E-state index in [4.69, 9.17) is 11.0 Å². The minimum Gasteiger partial charge on any atom is -0.369 e. The average molecular weight is 391 g/mol. The Hall–Kier alpha value is -3.62. The highest BCUT2D eigenvalue weighted by atomic mass is 16.1. The van der Waals surface area contributed by atoms with E-state index in [1.54, 1.807) is 30.5 Å². The largest absolute Gasteiger partial charge is 0.369 e.